The van der Waals surface area contributed by atoms with Gasteiger partial charge in [0, 0.05) is 12.5 Å². The number of hydrogen-bond acceptors (Lipinski definition) is 6. The second-order valence-corrected chi connectivity index (χ2v) is 17.7. The van der Waals surface area contributed by atoms with E-state index in [0.717, 1.165) is 12.8 Å². The minimum Gasteiger partial charge on any atom is -0.492 e. The molecule has 0 radical (unpaired) electrons. The number of amides is 1. The third-order valence-corrected chi connectivity index (χ3v) is 12.0. The van der Waals surface area contributed by atoms with Gasteiger partial charge in [0.05, 0.1) is 17.7 Å². The van der Waals surface area contributed by atoms with Gasteiger partial charge in [-0.2, -0.15) is 0 Å². The highest BCUT2D eigenvalue weighted by atomic mass is 28.4. The van der Waals surface area contributed by atoms with Gasteiger partial charge in [-0.3, -0.25) is 0 Å². The van der Waals surface area contributed by atoms with E-state index >= 15 is 0 Å². The van der Waals surface area contributed by atoms with Crippen molar-refractivity contribution in [3.8, 4) is 5.75 Å². The van der Waals surface area contributed by atoms with E-state index in [1.54, 1.807) is 45.0 Å². The summed E-state index contributed by atoms with van der Waals surface area (Å²) in [4.78, 5) is 36.2. The van der Waals surface area contributed by atoms with Gasteiger partial charge in [-0.15, -0.1) is 0 Å². The summed E-state index contributed by atoms with van der Waals surface area (Å²) in [6, 6.07) is 6.85. The van der Waals surface area contributed by atoms with E-state index in [9.17, 15) is 24.6 Å². The summed E-state index contributed by atoms with van der Waals surface area (Å²) in [6.45, 7) is 16.8. The summed E-state index contributed by atoms with van der Waals surface area (Å²) in [7, 11) is -1.94. The first-order chi connectivity index (χ1) is 18.4. The average Bonchev–Trinajstić information content (AvgIpc) is 2.81. The van der Waals surface area contributed by atoms with Crippen LogP contribution in [0.25, 0.3) is 0 Å². The van der Waals surface area contributed by atoms with Crippen molar-refractivity contribution in [2.24, 2.45) is 5.92 Å². The Morgan fingerprint density at radius 1 is 0.925 bits per heavy atom. The summed E-state index contributed by atoms with van der Waals surface area (Å²) in [6.07, 6.45) is 2.16. The van der Waals surface area contributed by atoms with Gasteiger partial charge in [0.1, 0.15) is 18.0 Å². The summed E-state index contributed by atoms with van der Waals surface area (Å²) < 4.78 is 17.3. The molecule has 0 spiro atoms. The van der Waals surface area contributed by atoms with Crippen molar-refractivity contribution in [2.75, 3.05) is 13.2 Å². The van der Waals surface area contributed by atoms with E-state index in [0.29, 0.717) is 24.2 Å². The number of alkyl carbamates (subject to hydrolysis) is 1. The second kappa shape index (κ2) is 13.7. The molecule has 40 heavy (non-hydrogen) atoms. The highest BCUT2D eigenvalue weighted by Gasteiger charge is 2.40. The van der Waals surface area contributed by atoms with Gasteiger partial charge in [0.25, 0.3) is 0 Å². The number of rotatable bonds is 11. The predicted octanol–water partition coefficient (Wildman–Crippen LogP) is 6.18. The Balaban J connectivity index is 2.03. The number of carboxylic acid groups (broad SMARTS) is 2. The zero-order valence-electron chi connectivity index (χ0n) is 25.3. The first kappa shape index (κ1) is 33.4. The maximum absolute atomic E-state index is 12.3. The number of aliphatic carboxylic acids is 2. The van der Waals surface area contributed by atoms with Crippen LogP contribution in [0.5, 0.6) is 5.75 Å². The van der Waals surface area contributed by atoms with Crippen LogP contribution in [0, 0.1) is 5.92 Å². The molecular formula is C30H47NO8Si. The van der Waals surface area contributed by atoms with Crippen molar-refractivity contribution in [3.05, 3.63) is 41.0 Å². The lowest BCUT2D eigenvalue weighted by atomic mass is 9.79. The lowest BCUT2D eigenvalue weighted by Gasteiger charge is -2.41. The number of carbonyl (C=O) groups is 3. The fourth-order valence-corrected chi connectivity index (χ4v) is 5.87. The Hall–Kier alpha value is -2.85. The van der Waals surface area contributed by atoms with Crippen LogP contribution in [0.15, 0.2) is 35.4 Å². The standard InChI is InChI=1S/C30H47NO8Si/c1-29(2,3)38-28(36)31-17-18-37-22-13-9-20(10-14-22)19-24(26(32)33)25(27(34)35)21-11-15-23(16-12-21)39-40(7,8)30(4,5)6/h9-10,13-14,21,23H,11-12,15-19H2,1-8H3,(H,31,36)(H,32,33)(H,34,35)/b25-24-/t21-,23+. The highest BCUT2D eigenvalue weighted by molar-refractivity contribution is 6.74. The number of carboxylic acids is 2. The molecule has 0 aromatic heterocycles. The molecule has 1 aromatic rings. The topological polar surface area (TPSA) is 131 Å². The van der Waals surface area contributed by atoms with Crippen LogP contribution in [0.4, 0.5) is 4.79 Å². The molecule has 1 aromatic carbocycles. The maximum Gasteiger partial charge on any atom is 0.407 e. The van der Waals surface area contributed by atoms with Gasteiger partial charge in [0.15, 0.2) is 8.32 Å². The van der Waals surface area contributed by atoms with Crippen molar-refractivity contribution in [1.82, 2.24) is 5.32 Å². The van der Waals surface area contributed by atoms with Gasteiger partial charge >= 0.3 is 18.0 Å². The first-order valence-corrected chi connectivity index (χ1v) is 16.9. The molecule has 1 saturated carbocycles. The Bertz CT molecular complexity index is 1060. The molecule has 224 valence electrons. The van der Waals surface area contributed by atoms with E-state index in [2.05, 4.69) is 39.2 Å². The minimum absolute atomic E-state index is 0.00214. The van der Waals surface area contributed by atoms with Crippen LogP contribution in [0.3, 0.4) is 0 Å². The Kier molecular flexibility index (Phi) is 11.4. The van der Waals surface area contributed by atoms with Crippen LogP contribution < -0.4 is 10.1 Å². The molecule has 1 amide bonds. The lowest BCUT2D eigenvalue weighted by molar-refractivity contribution is -0.136. The molecule has 0 saturated heterocycles. The molecule has 10 heteroatoms. The molecular weight excluding hydrogens is 530 g/mol. The van der Waals surface area contributed by atoms with E-state index in [4.69, 9.17) is 13.9 Å². The zero-order valence-corrected chi connectivity index (χ0v) is 26.3. The molecule has 2 rings (SSSR count). The highest BCUT2D eigenvalue weighted by Crippen LogP contribution is 2.41. The quantitative estimate of drug-likeness (QED) is 0.161. The predicted molar refractivity (Wildman–Crippen MR) is 156 cm³/mol. The normalized spacial score (nSPS) is 18.9. The van der Waals surface area contributed by atoms with Crippen molar-refractivity contribution in [3.63, 3.8) is 0 Å². The second-order valence-electron chi connectivity index (χ2n) is 13.0. The van der Waals surface area contributed by atoms with Crippen molar-refractivity contribution in [1.29, 1.82) is 0 Å². The molecule has 0 aliphatic heterocycles. The summed E-state index contributed by atoms with van der Waals surface area (Å²) in [5.74, 6) is -2.17. The zero-order chi connectivity index (χ0) is 30.3. The number of nitrogens with one attached hydrogen (secondary N) is 1. The number of benzene rings is 1. The Morgan fingerprint density at radius 3 is 1.98 bits per heavy atom. The van der Waals surface area contributed by atoms with E-state index in [-0.39, 0.29) is 47.8 Å². The van der Waals surface area contributed by atoms with Crippen molar-refractivity contribution < 1.29 is 38.5 Å². The summed E-state index contributed by atoms with van der Waals surface area (Å²) in [5.41, 5.74) is -0.00288. The molecule has 0 bridgehead atoms. The summed E-state index contributed by atoms with van der Waals surface area (Å²) in [5, 5.41) is 22.7. The van der Waals surface area contributed by atoms with Gasteiger partial charge in [-0.05, 0) is 88.2 Å². The Labute approximate surface area is 239 Å². The molecule has 0 unspecified atom stereocenters. The molecule has 0 atom stereocenters. The van der Waals surface area contributed by atoms with Gasteiger partial charge < -0.3 is 29.4 Å². The first-order valence-electron chi connectivity index (χ1n) is 14.0. The Morgan fingerprint density at radius 2 is 1.50 bits per heavy atom. The van der Waals surface area contributed by atoms with E-state index < -0.39 is 32.0 Å². The third-order valence-electron chi connectivity index (χ3n) is 7.51. The van der Waals surface area contributed by atoms with E-state index in [1.807, 2.05) is 0 Å². The lowest BCUT2D eigenvalue weighted by Crippen LogP contribution is -2.44. The average molecular weight is 578 g/mol. The van der Waals surface area contributed by atoms with Crippen molar-refractivity contribution >= 4 is 26.3 Å². The third kappa shape index (κ3) is 10.3. The smallest absolute Gasteiger partial charge is 0.407 e. The monoisotopic (exact) mass is 577 g/mol. The SMILES string of the molecule is CC(C)(C)OC(=O)NCCOc1ccc(C/C(C(=O)O)=C(/C(=O)O)[C@H]2CC[C@@H](O[Si](C)(C)C(C)(C)C)CC2)cc1. The van der Waals surface area contributed by atoms with Gasteiger partial charge in [-0.1, -0.05) is 32.9 Å². The van der Waals surface area contributed by atoms with Crippen LogP contribution >= 0.6 is 0 Å². The minimum atomic E-state index is -1.94. The fourth-order valence-electron chi connectivity index (χ4n) is 4.44. The maximum atomic E-state index is 12.3. The molecule has 1 fully saturated rings. The largest absolute Gasteiger partial charge is 0.492 e. The number of carbonyl (C=O) groups excluding carboxylic acids is 1. The summed E-state index contributed by atoms with van der Waals surface area (Å²) >= 11 is 0. The molecule has 0 heterocycles. The van der Waals surface area contributed by atoms with Crippen LogP contribution in [0.1, 0.15) is 72.8 Å². The van der Waals surface area contributed by atoms with Crippen LogP contribution in [-0.2, 0) is 25.2 Å². The molecule has 1 aliphatic rings. The number of ether oxygens (including phenoxy) is 2. The van der Waals surface area contributed by atoms with E-state index in [1.165, 1.54) is 0 Å². The van der Waals surface area contributed by atoms with Gasteiger partial charge in [-0.25, -0.2) is 14.4 Å². The van der Waals surface area contributed by atoms with Crippen LogP contribution in [0.2, 0.25) is 18.1 Å². The molecule has 3 N–H and O–H groups in total. The molecule has 1 aliphatic carbocycles. The van der Waals surface area contributed by atoms with Gasteiger partial charge in [0.2, 0.25) is 0 Å². The number of hydrogen-bond donors (Lipinski definition) is 3. The van der Waals surface area contributed by atoms with Crippen LogP contribution in [-0.4, -0.2) is 61.4 Å². The van der Waals surface area contributed by atoms with Crippen molar-refractivity contribution in [2.45, 2.75) is 103 Å². The fraction of sp³-hybridized carbons (Fsp3) is 0.633. The molecule has 9 nitrogen and oxygen atoms in total.